The van der Waals surface area contributed by atoms with Crippen LogP contribution < -0.4 is 0 Å². The molecule has 0 aromatic heterocycles. The van der Waals surface area contributed by atoms with E-state index in [4.69, 9.17) is 9.47 Å². The molecule has 0 N–H and O–H groups in total. The molecule has 13 heavy (non-hydrogen) atoms. The Labute approximate surface area is 79.4 Å². The molecule has 0 aromatic carbocycles. The number of methoxy groups -OCH3 is 1. The maximum absolute atomic E-state index is 11.2. The highest BCUT2D eigenvalue weighted by atomic mass is 16.5. The van der Waals surface area contributed by atoms with Crippen molar-refractivity contribution in [2.45, 2.75) is 25.7 Å². The van der Waals surface area contributed by atoms with E-state index in [0.29, 0.717) is 25.6 Å². The van der Waals surface area contributed by atoms with Crippen molar-refractivity contribution < 1.29 is 14.3 Å². The summed E-state index contributed by atoms with van der Waals surface area (Å²) in [6.07, 6.45) is 4.46. The van der Waals surface area contributed by atoms with Crippen molar-refractivity contribution in [3.63, 3.8) is 0 Å². The van der Waals surface area contributed by atoms with E-state index in [1.54, 1.807) is 7.11 Å². The summed E-state index contributed by atoms with van der Waals surface area (Å²) < 4.78 is 9.93. The first-order valence-corrected chi connectivity index (χ1v) is 4.91. The molecule has 0 radical (unpaired) electrons. The van der Waals surface area contributed by atoms with Crippen LogP contribution in [0.1, 0.15) is 25.7 Å². The highest BCUT2D eigenvalue weighted by Crippen LogP contribution is 2.29. The smallest absolute Gasteiger partial charge is 0.158 e. The monoisotopic (exact) mass is 186 g/mol. The standard InChI is InChI=1S/C10H18O3/c1-12-5-6-13-8-10(11)7-9-3-2-4-9/h9H,2-8H2,1H3. The fourth-order valence-corrected chi connectivity index (χ4v) is 1.41. The van der Waals surface area contributed by atoms with Crippen molar-refractivity contribution in [2.24, 2.45) is 5.92 Å². The highest BCUT2D eigenvalue weighted by Gasteiger charge is 2.20. The largest absolute Gasteiger partial charge is 0.382 e. The predicted molar refractivity (Wildman–Crippen MR) is 49.7 cm³/mol. The molecular weight excluding hydrogens is 168 g/mol. The van der Waals surface area contributed by atoms with Crippen LogP contribution in [0.15, 0.2) is 0 Å². The van der Waals surface area contributed by atoms with Crippen LogP contribution in [0.4, 0.5) is 0 Å². The Balaban J connectivity index is 1.91. The molecule has 1 fully saturated rings. The van der Waals surface area contributed by atoms with E-state index in [-0.39, 0.29) is 12.4 Å². The lowest BCUT2D eigenvalue weighted by atomic mass is 9.82. The normalized spacial score (nSPS) is 17.0. The minimum Gasteiger partial charge on any atom is -0.382 e. The van der Waals surface area contributed by atoms with Gasteiger partial charge in [0.25, 0.3) is 0 Å². The lowest BCUT2D eigenvalue weighted by molar-refractivity contribution is -0.125. The fourth-order valence-electron chi connectivity index (χ4n) is 1.41. The summed E-state index contributed by atoms with van der Waals surface area (Å²) in [5, 5.41) is 0. The molecule has 0 unspecified atom stereocenters. The maximum Gasteiger partial charge on any atom is 0.158 e. The first-order chi connectivity index (χ1) is 6.33. The average Bonchev–Trinajstić information content (AvgIpc) is 2.06. The number of carbonyl (C=O) groups excluding carboxylic acids is 1. The summed E-state index contributed by atoms with van der Waals surface area (Å²) in [7, 11) is 1.62. The number of ketones is 1. The van der Waals surface area contributed by atoms with Crippen molar-refractivity contribution in [3.05, 3.63) is 0 Å². The Hall–Kier alpha value is -0.410. The molecule has 0 spiro atoms. The second-order valence-corrected chi connectivity index (χ2v) is 3.59. The van der Waals surface area contributed by atoms with Gasteiger partial charge < -0.3 is 9.47 Å². The Morgan fingerprint density at radius 3 is 2.69 bits per heavy atom. The van der Waals surface area contributed by atoms with Crippen molar-refractivity contribution in [3.8, 4) is 0 Å². The molecule has 0 amide bonds. The molecule has 0 aliphatic heterocycles. The zero-order valence-electron chi connectivity index (χ0n) is 8.25. The lowest BCUT2D eigenvalue weighted by Crippen LogP contribution is -2.19. The van der Waals surface area contributed by atoms with Gasteiger partial charge in [0, 0.05) is 13.5 Å². The Morgan fingerprint density at radius 2 is 2.15 bits per heavy atom. The Morgan fingerprint density at radius 1 is 1.38 bits per heavy atom. The molecular formula is C10H18O3. The van der Waals surface area contributed by atoms with Gasteiger partial charge in [0.05, 0.1) is 13.2 Å². The number of ether oxygens (including phenoxy) is 2. The summed E-state index contributed by atoms with van der Waals surface area (Å²) in [4.78, 5) is 11.2. The van der Waals surface area contributed by atoms with E-state index in [1.807, 2.05) is 0 Å². The quantitative estimate of drug-likeness (QED) is 0.564. The van der Waals surface area contributed by atoms with Crippen LogP contribution in [0, 0.1) is 5.92 Å². The van der Waals surface area contributed by atoms with Crippen LogP contribution >= 0.6 is 0 Å². The lowest BCUT2D eigenvalue weighted by Gasteiger charge is -2.24. The van der Waals surface area contributed by atoms with Gasteiger partial charge in [-0.25, -0.2) is 0 Å². The second-order valence-electron chi connectivity index (χ2n) is 3.59. The van der Waals surface area contributed by atoms with Crippen LogP contribution in [0.3, 0.4) is 0 Å². The molecule has 1 aliphatic rings. The molecule has 1 rings (SSSR count). The van der Waals surface area contributed by atoms with Crippen LogP contribution in [-0.4, -0.2) is 32.7 Å². The third-order valence-corrected chi connectivity index (χ3v) is 2.44. The van der Waals surface area contributed by atoms with Gasteiger partial charge in [-0.05, 0) is 5.92 Å². The van der Waals surface area contributed by atoms with Gasteiger partial charge >= 0.3 is 0 Å². The van der Waals surface area contributed by atoms with Gasteiger partial charge in [-0.1, -0.05) is 19.3 Å². The summed E-state index contributed by atoms with van der Waals surface area (Å²) in [5.41, 5.74) is 0. The number of hydrogen-bond donors (Lipinski definition) is 0. The molecule has 3 heteroatoms. The van der Waals surface area contributed by atoms with Crippen molar-refractivity contribution in [2.75, 3.05) is 26.9 Å². The second kappa shape index (κ2) is 6.11. The molecule has 1 saturated carbocycles. The summed E-state index contributed by atoms with van der Waals surface area (Å²) in [6, 6.07) is 0. The third kappa shape index (κ3) is 4.39. The third-order valence-electron chi connectivity index (χ3n) is 2.44. The predicted octanol–water partition coefficient (Wildman–Crippen LogP) is 1.41. The molecule has 0 aromatic rings. The molecule has 76 valence electrons. The van der Waals surface area contributed by atoms with Gasteiger partial charge in [0.15, 0.2) is 5.78 Å². The molecule has 0 saturated heterocycles. The van der Waals surface area contributed by atoms with Crippen LogP contribution in [0.25, 0.3) is 0 Å². The van der Waals surface area contributed by atoms with E-state index >= 15 is 0 Å². The van der Waals surface area contributed by atoms with E-state index in [0.717, 1.165) is 0 Å². The van der Waals surface area contributed by atoms with E-state index in [2.05, 4.69) is 0 Å². The Bertz CT molecular complexity index is 152. The first kappa shape index (κ1) is 10.7. The SMILES string of the molecule is COCCOCC(=O)CC1CCC1. The highest BCUT2D eigenvalue weighted by molar-refractivity contribution is 5.79. The fraction of sp³-hybridized carbons (Fsp3) is 0.900. The van der Waals surface area contributed by atoms with Crippen molar-refractivity contribution >= 4 is 5.78 Å². The van der Waals surface area contributed by atoms with Gasteiger partial charge in [-0.15, -0.1) is 0 Å². The number of Topliss-reactive ketones (excluding diaryl/α,β-unsaturated/α-hetero) is 1. The van der Waals surface area contributed by atoms with Gasteiger partial charge in [0.2, 0.25) is 0 Å². The maximum atomic E-state index is 11.2. The zero-order chi connectivity index (χ0) is 9.52. The summed E-state index contributed by atoms with van der Waals surface area (Å²) >= 11 is 0. The van der Waals surface area contributed by atoms with Gasteiger partial charge in [-0.3, -0.25) is 4.79 Å². The summed E-state index contributed by atoms with van der Waals surface area (Å²) in [6.45, 7) is 1.35. The minimum absolute atomic E-state index is 0.237. The summed E-state index contributed by atoms with van der Waals surface area (Å²) in [5.74, 6) is 0.888. The zero-order valence-corrected chi connectivity index (χ0v) is 8.25. The average molecular weight is 186 g/mol. The molecule has 1 aliphatic carbocycles. The number of rotatable bonds is 7. The van der Waals surface area contributed by atoms with Crippen molar-refractivity contribution in [1.29, 1.82) is 0 Å². The van der Waals surface area contributed by atoms with E-state index in [1.165, 1.54) is 19.3 Å². The van der Waals surface area contributed by atoms with Crippen molar-refractivity contribution in [1.82, 2.24) is 0 Å². The molecule has 0 atom stereocenters. The van der Waals surface area contributed by atoms with Gasteiger partial charge in [-0.2, -0.15) is 0 Å². The van der Waals surface area contributed by atoms with Gasteiger partial charge in [0.1, 0.15) is 6.61 Å². The first-order valence-electron chi connectivity index (χ1n) is 4.91. The molecule has 3 nitrogen and oxygen atoms in total. The molecule has 0 heterocycles. The number of carbonyl (C=O) groups is 1. The van der Waals surface area contributed by atoms with Crippen LogP contribution in [0.2, 0.25) is 0 Å². The van der Waals surface area contributed by atoms with E-state index < -0.39 is 0 Å². The molecule has 0 bridgehead atoms. The minimum atomic E-state index is 0.237. The number of hydrogen-bond acceptors (Lipinski definition) is 3. The Kier molecular flexibility index (Phi) is 5.01. The van der Waals surface area contributed by atoms with Crippen LogP contribution in [-0.2, 0) is 14.3 Å². The van der Waals surface area contributed by atoms with Crippen LogP contribution in [0.5, 0.6) is 0 Å². The van der Waals surface area contributed by atoms with E-state index in [9.17, 15) is 4.79 Å². The topological polar surface area (TPSA) is 35.5 Å².